The Kier molecular flexibility index (Phi) is 7.04. The molecular weight excluding hydrogens is 472 g/mol. The molecule has 4 rings (SSSR count). The standard InChI is InChI=1S/C25H26N2O5S2/c1-3-32-25(29)23-20-10-7-11-21(20)33-24(23)26-22(28)16-27(18-14-12-17(2)13-15-18)34(30,31)19-8-5-4-6-9-19/h4-6,8-9,12-15H,3,7,10-11,16H2,1-2H3,(H,26,28). The maximum atomic E-state index is 13.5. The Morgan fingerprint density at radius 3 is 2.44 bits per heavy atom. The smallest absolute Gasteiger partial charge is 0.341 e. The van der Waals surface area contributed by atoms with Crippen LogP contribution < -0.4 is 9.62 Å². The molecule has 0 saturated heterocycles. The van der Waals surface area contributed by atoms with Crippen molar-refractivity contribution in [2.45, 2.75) is 38.0 Å². The van der Waals surface area contributed by atoms with Crippen molar-refractivity contribution in [2.24, 2.45) is 0 Å². The number of benzene rings is 2. The second-order valence-corrected chi connectivity index (χ2v) is 11.0. The average Bonchev–Trinajstić information content (AvgIpc) is 3.39. The number of hydrogen-bond acceptors (Lipinski definition) is 6. The lowest BCUT2D eigenvalue weighted by atomic mass is 10.1. The minimum Gasteiger partial charge on any atom is -0.462 e. The Bertz CT molecular complexity index is 1300. The number of nitrogens with zero attached hydrogens (tertiary/aromatic N) is 1. The van der Waals surface area contributed by atoms with Gasteiger partial charge in [-0.2, -0.15) is 0 Å². The summed E-state index contributed by atoms with van der Waals surface area (Å²) in [6.45, 7) is 3.43. The van der Waals surface area contributed by atoms with Crippen LogP contribution in [-0.2, 0) is 32.4 Å². The second kappa shape index (κ2) is 9.99. The summed E-state index contributed by atoms with van der Waals surface area (Å²) in [4.78, 5) is 26.9. The molecule has 1 N–H and O–H groups in total. The molecule has 1 aliphatic rings. The van der Waals surface area contributed by atoms with Gasteiger partial charge in [-0.15, -0.1) is 11.3 Å². The highest BCUT2D eigenvalue weighted by Crippen LogP contribution is 2.39. The quantitative estimate of drug-likeness (QED) is 0.460. The summed E-state index contributed by atoms with van der Waals surface area (Å²) in [7, 11) is -4.00. The molecule has 1 aliphatic carbocycles. The predicted octanol–water partition coefficient (Wildman–Crippen LogP) is 4.56. The number of carbonyl (C=O) groups excluding carboxylic acids is 2. The summed E-state index contributed by atoms with van der Waals surface area (Å²) in [6, 6.07) is 14.9. The zero-order valence-electron chi connectivity index (χ0n) is 19.0. The maximum Gasteiger partial charge on any atom is 0.341 e. The Balaban J connectivity index is 1.65. The van der Waals surface area contributed by atoms with E-state index >= 15 is 0 Å². The molecule has 0 bridgehead atoms. The van der Waals surface area contributed by atoms with E-state index in [1.54, 1.807) is 49.4 Å². The van der Waals surface area contributed by atoms with Gasteiger partial charge in [-0.3, -0.25) is 9.10 Å². The normalized spacial score (nSPS) is 12.8. The molecule has 0 unspecified atom stereocenters. The summed E-state index contributed by atoms with van der Waals surface area (Å²) >= 11 is 1.36. The van der Waals surface area contributed by atoms with Crippen LogP contribution in [0.4, 0.5) is 10.7 Å². The fourth-order valence-electron chi connectivity index (χ4n) is 3.95. The van der Waals surface area contributed by atoms with E-state index in [1.165, 1.54) is 23.5 Å². The number of aryl methyl sites for hydroxylation is 2. The molecule has 0 saturated carbocycles. The van der Waals surface area contributed by atoms with E-state index in [9.17, 15) is 18.0 Å². The summed E-state index contributed by atoms with van der Waals surface area (Å²) < 4.78 is 33.2. The molecule has 0 atom stereocenters. The first-order valence-electron chi connectivity index (χ1n) is 11.1. The van der Waals surface area contributed by atoms with Gasteiger partial charge in [-0.05, 0) is 62.9 Å². The fourth-order valence-corrected chi connectivity index (χ4v) is 6.69. The molecule has 0 radical (unpaired) electrons. The van der Waals surface area contributed by atoms with Crippen molar-refractivity contribution < 1.29 is 22.7 Å². The van der Waals surface area contributed by atoms with Crippen molar-refractivity contribution in [1.29, 1.82) is 0 Å². The van der Waals surface area contributed by atoms with Gasteiger partial charge in [0, 0.05) is 4.88 Å². The first kappa shape index (κ1) is 24.0. The van der Waals surface area contributed by atoms with Crippen LogP contribution in [0.15, 0.2) is 59.5 Å². The molecule has 3 aromatic rings. The van der Waals surface area contributed by atoms with Crippen molar-refractivity contribution in [3.05, 3.63) is 76.2 Å². The molecule has 0 spiro atoms. The predicted molar refractivity (Wildman–Crippen MR) is 133 cm³/mol. The molecular formula is C25H26N2O5S2. The highest BCUT2D eigenvalue weighted by atomic mass is 32.2. The number of carbonyl (C=O) groups is 2. The number of esters is 1. The van der Waals surface area contributed by atoms with E-state index in [0.29, 0.717) is 16.3 Å². The summed E-state index contributed by atoms with van der Waals surface area (Å²) in [5.41, 5.74) is 2.66. The molecule has 0 fully saturated rings. The largest absolute Gasteiger partial charge is 0.462 e. The van der Waals surface area contributed by atoms with Crippen molar-refractivity contribution in [3.63, 3.8) is 0 Å². The molecule has 1 aromatic heterocycles. The van der Waals surface area contributed by atoms with Gasteiger partial charge >= 0.3 is 5.97 Å². The van der Waals surface area contributed by atoms with E-state index in [-0.39, 0.29) is 11.5 Å². The molecule has 1 heterocycles. The monoisotopic (exact) mass is 498 g/mol. The van der Waals surface area contributed by atoms with Gasteiger partial charge in [0.2, 0.25) is 5.91 Å². The van der Waals surface area contributed by atoms with Gasteiger partial charge in [0.05, 0.1) is 22.8 Å². The van der Waals surface area contributed by atoms with Crippen LogP contribution in [-0.4, -0.2) is 33.4 Å². The van der Waals surface area contributed by atoms with E-state index in [4.69, 9.17) is 4.74 Å². The lowest BCUT2D eigenvalue weighted by Crippen LogP contribution is -2.38. The molecule has 178 valence electrons. The van der Waals surface area contributed by atoms with Gasteiger partial charge in [-0.25, -0.2) is 13.2 Å². The van der Waals surface area contributed by atoms with Crippen LogP contribution in [0.5, 0.6) is 0 Å². The zero-order chi connectivity index (χ0) is 24.3. The molecule has 34 heavy (non-hydrogen) atoms. The first-order chi connectivity index (χ1) is 16.3. The summed E-state index contributed by atoms with van der Waals surface area (Å²) in [5, 5.41) is 3.20. The Hall–Kier alpha value is -3.17. The fraction of sp³-hybridized carbons (Fsp3) is 0.280. The number of fused-ring (bicyclic) bond motifs is 1. The Labute approximate surface area is 203 Å². The maximum absolute atomic E-state index is 13.5. The molecule has 1 amide bonds. The highest BCUT2D eigenvalue weighted by molar-refractivity contribution is 7.92. The number of thiophene rings is 1. The third-order valence-electron chi connectivity index (χ3n) is 5.59. The summed E-state index contributed by atoms with van der Waals surface area (Å²) in [5.74, 6) is -1.00. The highest BCUT2D eigenvalue weighted by Gasteiger charge is 2.31. The van der Waals surface area contributed by atoms with Crippen LogP contribution in [0.3, 0.4) is 0 Å². The number of anilines is 2. The van der Waals surface area contributed by atoms with Crippen molar-refractivity contribution >= 4 is 43.9 Å². The minimum atomic E-state index is -4.00. The lowest BCUT2D eigenvalue weighted by Gasteiger charge is -2.24. The molecule has 9 heteroatoms. The molecule has 0 aliphatic heterocycles. The van der Waals surface area contributed by atoms with Gasteiger partial charge in [-0.1, -0.05) is 35.9 Å². The van der Waals surface area contributed by atoms with E-state index in [1.807, 2.05) is 6.92 Å². The first-order valence-corrected chi connectivity index (χ1v) is 13.3. The van der Waals surface area contributed by atoms with E-state index in [2.05, 4.69) is 5.32 Å². The minimum absolute atomic E-state index is 0.0886. The number of rotatable bonds is 8. The number of nitrogens with one attached hydrogen (secondary N) is 1. The number of ether oxygens (including phenoxy) is 1. The van der Waals surface area contributed by atoms with Crippen LogP contribution in [0.25, 0.3) is 0 Å². The zero-order valence-corrected chi connectivity index (χ0v) is 20.7. The van der Waals surface area contributed by atoms with E-state index < -0.39 is 28.4 Å². The lowest BCUT2D eigenvalue weighted by molar-refractivity contribution is -0.114. The third kappa shape index (κ3) is 4.85. The summed E-state index contributed by atoms with van der Waals surface area (Å²) in [6.07, 6.45) is 2.56. The topological polar surface area (TPSA) is 92.8 Å². The van der Waals surface area contributed by atoms with Gasteiger partial charge in [0.25, 0.3) is 10.0 Å². The third-order valence-corrected chi connectivity index (χ3v) is 8.59. The van der Waals surface area contributed by atoms with Crippen molar-refractivity contribution in [1.82, 2.24) is 0 Å². The second-order valence-electron chi connectivity index (χ2n) is 7.99. The van der Waals surface area contributed by atoms with Crippen molar-refractivity contribution in [3.8, 4) is 0 Å². The van der Waals surface area contributed by atoms with Gasteiger partial charge < -0.3 is 10.1 Å². The van der Waals surface area contributed by atoms with Gasteiger partial charge in [0.15, 0.2) is 0 Å². The molecule has 2 aromatic carbocycles. The number of hydrogen-bond donors (Lipinski definition) is 1. The SMILES string of the molecule is CCOC(=O)c1c(NC(=O)CN(c2ccc(C)cc2)S(=O)(=O)c2ccccc2)sc2c1CCC2. The van der Waals surface area contributed by atoms with Crippen LogP contribution >= 0.6 is 11.3 Å². The van der Waals surface area contributed by atoms with Crippen LogP contribution in [0.2, 0.25) is 0 Å². The van der Waals surface area contributed by atoms with Crippen LogP contribution in [0.1, 0.15) is 39.7 Å². The Morgan fingerprint density at radius 1 is 1.06 bits per heavy atom. The molecule has 7 nitrogen and oxygen atoms in total. The van der Waals surface area contributed by atoms with Crippen LogP contribution in [0, 0.1) is 6.92 Å². The van der Waals surface area contributed by atoms with Gasteiger partial charge in [0.1, 0.15) is 11.5 Å². The van der Waals surface area contributed by atoms with E-state index in [0.717, 1.165) is 39.6 Å². The number of amides is 1. The average molecular weight is 499 g/mol. The number of sulfonamides is 1. The Morgan fingerprint density at radius 2 is 1.76 bits per heavy atom. The van der Waals surface area contributed by atoms with Crippen molar-refractivity contribution in [2.75, 3.05) is 22.8 Å².